The molecule has 0 unspecified atom stereocenters. The van der Waals surface area contributed by atoms with Gasteiger partial charge in [0.2, 0.25) is 15.9 Å². The van der Waals surface area contributed by atoms with Crippen LogP contribution in [0.5, 0.6) is 0 Å². The quantitative estimate of drug-likeness (QED) is 0.807. The highest BCUT2D eigenvalue weighted by atomic mass is 32.2. The zero-order valence-electron chi connectivity index (χ0n) is 13.8. The summed E-state index contributed by atoms with van der Waals surface area (Å²) in [5, 5.41) is 7.34. The summed E-state index contributed by atoms with van der Waals surface area (Å²) in [6, 6.07) is 4.61. The number of hydrogen-bond donors (Lipinski definition) is 2. The van der Waals surface area contributed by atoms with Gasteiger partial charge in [0, 0.05) is 6.54 Å². The summed E-state index contributed by atoms with van der Waals surface area (Å²) in [4.78, 5) is 4.34. The fraction of sp³-hybridized carbons (Fsp3) is 0.500. The summed E-state index contributed by atoms with van der Waals surface area (Å²) in [5.74, 6) is 0.302. The van der Waals surface area contributed by atoms with Crippen LogP contribution in [0.4, 0.5) is 4.39 Å². The minimum absolute atomic E-state index is 0.0135. The van der Waals surface area contributed by atoms with E-state index in [-0.39, 0.29) is 22.8 Å². The number of hydrogen-bond acceptors (Lipinski definition) is 6. The van der Waals surface area contributed by atoms with Gasteiger partial charge in [0.25, 0.3) is 0 Å². The number of benzene rings is 1. The van der Waals surface area contributed by atoms with Gasteiger partial charge in [-0.25, -0.2) is 17.5 Å². The van der Waals surface area contributed by atoms with E-state index in [1.807, 2.05) is 0 Å². The van der Waals surface area contributed by atoms with Gasteiger partial charge < -0.3 is 9.84 Å². The molecule has 2 aliphatic heterocycles. The van der Waals surface area contributed by atoms with E-state index in [2.05, 4.69) is 27.1 Å². The smallest absolute Gasteiger partial charge is 0.247 e. The molecule has 1 aliphatic carbocycles. The summed E-state index contributed by atoms with van der Waals surface area (Å²) in [5.41, 5.74) is 0.0793. The average Bonchev–Trinajstić information content (AvgIpc) is 3.26. The third kappa shape index (κ3) is 2.76. The molecule has 1 saturated carbocycles. The predicted octanol–water partition coefficient (Wildman–Crippen LogP) is 1.68. The van der Waals surface area contributed by atoms with Gasteiger partial charge in [0.15, 0.2) is 5.82 Å². The van der Waals surface area contributed by atoms with Crippen LogP contribution in [0.3, 0.4) is 0 Å². The largest absolute Gasteiger partial charge is 0.337 e. The Morgan fingerprint density at radius 1 is 1.32 bits per heavy atom. The number of rotatable bonds is 6. The Bertz CT molecular complexity index is 888. The Labute approximate surface area is 145 Å². The molecule has 0 spiro atoms. The van der Waals surface area contributed by atoms with E-state index in [0.717, 1.165) is 37.9 Å². The van der Waals surface area contributed by atoms with Crippen molar-refractivity contribution in [2.75, 3.05) is 6.54 Å². The van der Waals surface area contributed by atoms with Gasteiger partial charge >= 0.3 is 0 Å². The van der Waals surface area contributed by atoms with Crippen LogP contribution >= 0.6 is 0 Å². The highest BCUT2D eigenvalue weighted by molar-refractivity contribution is 7.89. The fourth-order valence-corrected chi connectivity index (χ4v) is 4.79. The van der Waals surface area contributed by atoms with Crippen LogP contribution in [0, 0.1) is 11.2 Å². The summed E-state index contributed by atoms with van der Waals surface area (Å²) >= 11 is 0. The monoisotopic (exact) mass is 366 g/mol. The third-order valence-corrected chi connectivity index (χ3v) is 6.74. The molecule has 2 saturated heterocycles. The maximum absolute atomic E-state index is 12.9. The summed E-state index contributed by atoms with van der Waals surface area (Å²) in [6.07, 6.45) is 3.05. The minimum Gasteiger partial charge on any atom is -0.337 e. The number of aromatic nitrogens is 2. The van der Waals surface area contributed by atoms with Crippen molar-refractivity contribution in [2.45, 2.75) is 43.2 Å². The van der Waals surface area contributed by atoms with Crippen molar-refractivity contribution >= 4 is 10.0 Å². The summed E-state index contributed by atoms with van der Waals surface area (Å²) in [7, 11) is -3.76. The molecule has 1 aromatic carbocycles. The first-order chi connectivity index (χ1) is 11.9. The molecular weight excluding hydrogens is 347 g/mol. The molecule has 9 heteroatoms. The van der Waals surface area contributed by atoms with E-state index < -0.39 is 15.8 Å². The Kier molecular flexibility index (Phi) is 3.71. The van der Waals surface area contributed by atoms with Crippen LogP contribution in [0.2, 0.25) is 0 Å². The van der Waals surface area contributed by atoms with Crippen molar-refractivity contribution < 1.29 is 17.3 Å². The molecule has 7 nitrogen and oxygen atoms in total. The molecular formula is C16H19FN4O3S. The van der Waals surface area contributed by atoms with E-state index in [4.69, 9.17) is 4.52 Å². The van der Waals surface area contributed by atoms with Crippen molar-refractivity contribution in [2.24, 2.45) is 5.41 Å². The van der Waals surface area contributed by atoms with Crippen LogP contribution in [-0.4, -0.2) is 25.1 Å². The van der Waals surface area contributed by atoms with E-state index in [1.165, 1.54) is 12.1 Å². The van der Waals surface area contributed by atoms with E-state index in [9.17, 15) is 12.8 Å². The maximum atomic E-state index is 12.9. The van der Waals surface area contributed by atoms with Gasteiger partial charge in [0.05, 0.1) is 17.0 Å². The lowest BCUT2D eigenvalue weighted by atomic mass is 9.61. The van der Waals surface area contributed by atoms with Gasteiger partial charge in [-0.05, 0) is 48.9 Å². The molecule has 3 aliphatic rings. The summed E-state index contributed by atoms with van der Waals surface area (Å²) in [6.45, 7) is 3.04. The standard InChI is InChI=1S/C16H19FN4O3S/c1-2-15-8-16(9-15,18-10-15)14-20-13(21-24-14)7-19-25(22,23)12-5-3-11(17)4-6-12/h3-6,18-19H,2,7-10H2,1H3. The first kappa shape index (κ1) is 16.6. The van der Waals surface area contributed by atoms with E-state index in [1.54, 1.807) is 0 Å². The number of nitrogens with zero attached hydrogens (tertiary/aromatic N) is 2. The second kappa shape index (κ2) is 5.58. The molecule has 0 amide bonds. The molecule has 0 radical (unpaired) electrons. The van der Waals surface area contributed by atoms with Gasteiger partial charge in [-0.1, -0.05) is 12.1 Å². The number of sulfonamides is 1. The highest BCUT2D eigenvalue weighted by Crippen LogP contribution is 2.60. The lowest BCUT2D eigenvalue weighted by molar-refractivity contribution is 0.0769. The topological polar surface area (TPSA) is 97.1 Å². The second-order valence-electron chi connectivity index (χ2n) is 6.94. The molecule has 5 rings (SSSR count). The first-order valence-electron chi connectivity index (χ1n) is 8.20. The molecule has 1 aromatic heterocycles. The van der Waals surface area contributed by atoms with Gasteiger partial charge in [0.1, 0.15) is 5.82 Å². The van der Waals surface area contributed by atoms with Crippen LogP contribution in [0.15, 0.2) is 33.7 Å². The number of fused-ring (bicyclic) bond motifs is 1. The highest BCUT2D eigenvalue weighted by Gasteiger charge is 2.63. The lowest BCUT2D eigenvalue weighted by Crippen LogP contribution is -2.45. The number of halogens is 1. The first-order valence-corrected chi connectivity index (χ1v) is 9.68. The molecule has 2 N–H and O–H groups in total. The van der Waals surface area contributed by atoms with Crippen molar-refractivity contribution in [3.63, 3.8) is 0 Å². The second-order valence-corrected chi connectivity index (χ2v) is 8.70. The zero-order chi connectivity index (χ0) is 17.7. The predicted molar refractivity (Wildman–Crippen MR) is 86.4 cm³/mol. The Hall–Kier alpha value is -1.84. The van der Waals surface area contributed by atoms with Crippen LogP contribution in [0.1, 0.15) is 37.9 Å². The normalized spacial score (nSPS) is 28.1. The SMILES string of the molecule is CCC12CNC(c3nc(CNS(=O)(=O)c4ccc(F)cc4)no3)(C1)C2. The van der Waals surface area contributed by atoms with Crippen molar-refractivity contribution in [3.05, 3.63) is 41.8 Å². The molecule has 3 heterocycles. The minimum atomic E-state index is -3.76. The Morgan fingerprint density at radius 3 is 2.68 bits per heavy atom. The van der Waals surface area contributed by atoms with Crippen molar-refractivity contribution in [1.29, 1.82) is 0 Å². The molecule has 25 heavy (non-hydrogen) atoms. The summed E-state index contributed by atoms with van der Waals surface area (Å²) < 4.78 is 45.1. The van der Waals surface area contributed by atoms with E-state index in [0.29, 0.717) is 11.3 Å². The average molecular weight is 366 g/mol. The fourth-order valence-electron chi connectivity index (χ4n) is 3.81. The number of nitrogens with one attached hydrogen (secondary N) is 2. The molecule has 0 atom stereocenters. The maximum Gasteiger partial charge on any atom is 0.247 e. The van der Waals surface area contributed by atoms with E-state index >= 15 is 0 Å². The third-order valence-electron chi connectivity index (χ3n) is 5.33. The lowest BCUT2D eigenvalue weighted by Gasteiger charge is -2.43. The van der Waals surface area contributed by atoms with Gasteiger partial charge in [-0.2, -0.15) is 4.98 Å². The van der Waals surface area contributed by atoms with Crippen LogP contribution in [0.25, 0.3) is 0 Å². The van der Waals surface area contributed by atoms with Crippen molar-refractivity contribution in [1.82, 2.24) is 20.2 Å². The Balaban J connectivity index is 1.43. The van der Waals surface area contributed by atoms with Crippen LogP contribution < -0.4 is 10.0 Å². The van der Waals surface area contributed by atoms with Gasteiger partial charge in [-0.3, -0.25) is 0 Å². The molecule has 134 valence electrons. The van der Waals surface area contributed by atoms with Crippen LogP contribution in [-0.2, 0) is 22.1 Å². The molecule has 2 aromatic rings. The molecule has 3 fully saturated rings. The molecule has 2 bridgehead atoms. The zero-order valence-corrected chi connectivity index (χ0v) is 14.6. The van der Waals surface area contributed by atoms with Gasteiger partial charge in [-0.15, -0.1) is 0 Å². The van der Waals surface area contributed by atoms with Crippen molar-refractivity contribution in [3.8, 4) is 0 Å². The Morgan fingerprint density at radius 2 is 2.04 bits per heavy atom.